The average Bonchev–Trinajstić information content (AvgIpc) is 2.63. The summed E-state index contributed by atoms with van der Waals surface area (Å²) in [5.41, 5.74) is 1.98. The van der Waals surface area contributed by atoms with Gasteiger partial charge >= 0.3 is 0 Å². The number of hydrogen-bond acceptors (Lipinski definition) is 6. The van der Waals surface area contributed by atoms with E-state index in [0.29, 0.717) is 6.04 Å². The first-order chi connectivity index (χ1) is 11.8. The van der Waals surface area contributed by atoms with Crippen LogP contribution in [-0.4, -0.2) is 39.1 Å². The van der Waals surface area contributed by atoms with Gasteiger partial charge in [-0.2, -0.15) is 0 Å². The van der Waals surface area contributed by atoms with Crippen LogP contribution in [-0.2, 0) is 0 Å². The Balaban J connectivity index is 1.44. The minimum absolute atomic E-state index is 0.407. The van der Waals surface area contributed by atoms with Gasteiger partial charge in [0.25, 0.3) is 0 Å². The van der Waals surface area contributed by atoms with E-state index in [1.165, 1.54) is 0 Å². The maximum absolute atomic E-state index is 4.62. The Bertz CT molecular complexity index is 836. The fraction of sp³-hybridized carbons (Fsp3) is 0.333. The topological polar surface area (TPSA) is 66.8 Å². The van der Waals surface area contributed by atoms with Gasteiger partial charge in [-0.1, -0.05) is 6.07 Å². The van der Waals surface area contributed by atoms with Crippen LogP contribution in [0.2, 0.25) is 0 Å². The molecule has 1 N–H and O–H groups in total. The van der Waals surface area contributed by atoms with Crippen molar-refractivity contribution >= 4 is 22.5 Å². The van der Waals surface area contributed by atoms with E-state index in [4.69, 9.17) is 0 Å². The quantitative estimate of drug-likeness (QED) is 0.800. The molecule has 0 aliphatic carbocycles. The van der Waals surface area contributed by atoms with Crippen LogP contribution in [0.15, 0.2) is 43.0 Å². The molecule has 3 aromatic heterocycles. The van der Waals surface area contributed by atoms with E-state index in [2.05, 4.69) is 42.3 Å². The normalized spacial score (nSPS) is 15.6. The Morgan fingerprint density at radius 2 is 2.00 bits per heavy atom. The molecule has 0 radical (unpaired) electrons. The van der Waals surface area contributed by atoms with Crippen LogP contribution in [0.25, 0.3) is 10.9 Å². The van der Waals surface area contributed by atoms with Gasteiger partial charge in [-0.05, 0) is 38.0 Å². The third kappa shape index (κ3) is 2.99. The highest BCUT2D eigenvalue weighted by Crippen LogP contribution is 2.23. The molecule has 122 valence electrons. The zero-order chi connectivity index (χ0) is 16.4. The van der Waals surface area contributed by atoms with Crippen LogP contribution in [0.5, 0.6) is 0 Å². The Morgan fingerprint density at radius 1 is 1.12 bits per heavy atom. The molecule has 0 saturated carbocycles. The molecule has 1 aliphatic heterocycles. The zero-order valence-electron chi connectivity index (χ0n) is 13.7. The molecule has 0 bridgehead atoms. The van der Waals surface area contributed by atoms with E-state index >= 15 is 0 Å². The number of anilines is 2. The second-order valence-electron chi connectivity index (χ2n) is 6.16. The number of fused-ring (bicyclic) bond motifs is 1. The van der Waals surface area contributed by atoms with Crippen LogP contribution < -0.4 is 10.2 Å². The molecule has 0 spiro atoms. The van der Waals surface area contributed by atoms with Crippen molar-refractivity contribution in [2.45, 2.75) is 25.8 Å². The maximum atomic E-state index is 4.62. The molecule has 6 nitrogen and oxygen atoms in total. The second kappa shape index (κ2) is 6.39. The fourth-order valence-corrected chi connectivity index (χ4v) is 3.17. The maximum Gasteiger partial charge on any atom is 0.137 e. The highest BCUT2D eigenvalue weighted by molar-refractivity contribution is 5.88. The predicted molar refractivity (Wildman–Crippen MR) is 95.2 cm³/mol. The lowest BCUT2D eigenvalue weighted by molar-refractivity contribution is 0.522. The van der Waals surface area contributed by atoms with Crippen LogP contribution in [0.1, 0.15) is 18.5 Å². The van der Waals surface area contributed by atoms with Gasteiger partial charge in [0.15, 0.2) is 0 Å². The molecule has 1 fully saturated rings. The molecule has 0 aromatic carbocycles. The van der Waals surface area contributed by atoms with Gasteiger partial charge in [-0.15, -0.1) is 0 Å². The van der Waals surface area contributed by atoms with E-state index in [0.717, 1.165) is 54.2 Å². The molecule has 0 atom stereocenters. The number of aromatic nitrogens is 4. The molecule has 1 saturated heterocycles. The van der Waals surface area contributed by atoms with E-state index in [-0.39, 0.29) is 0 Å². The van der Waals surface area contributed by atoms with Gasteiger partial charge in [0.2, 0.25) is 0 Å². The largest absolute Gasteiger partial charge is 0.367 e. The summed E-state index contributed by atoms with van der Waals surface area (Å²) < 4.78 is 0. The third-order valence-corrected chi connectivity index (χ3v) is 4.47. The van der Waals surface area contributed by atoms with Crippen molar-refractivity contribution < 1.29 is 0 Å². The Kier molecular flexibility index (Phi) is 3.94. The van der Waals surface area contributed by atoms with E-state index < -0.39 is 0 Å². The van der Waals surface area contributed by atoms with Crippen molar-refractivity contribution in [2.24, 2.45) is 0 Å². The van der Waals surface area contributed by atoms with Gasteiger partial charge in [-0.25, -0.2) is 19.9 Å². The first-order valence-corrected chi connectivity index (χ1v) is 8.29. The fourth-order valence-electron chi connectivity index (χ4n) is 3.17. The number of rotatable bonds is 3. The molecule has 3 aromatic rings. The zero-order valence-corrected chi connectivity index (χ0v) is 13.7. The number of aryl methyl sites for hydroxylation is 1. The number of hydrogen-bond donors (Lipinski definition) is 1. The van der Waals surface area contributed by atoms with Gasteiger partial charge in [0, 0.05) is 37.2 Å². The summed E-state index contributed by atoms with van der Waals surface area (Å²) in [7, 11) is 0. The molecular weight excluding hydrogens is 300 g/mol. The van der Waals surface area contributed by atoms with Crippen molar-refractivity contribution in [3.63, 3.8) is 0 Å². The van der Waals surface area contributed by atoms with Crippen molar-refractivity contribution in [1.29, 1.82) is 0 Å². The smallest absolute Gasteiger partial charge is 0.137 e. The number of pyridine rings is 2. The standard InChI is InChI=1S/C18H20N6/c1-13-3-2-4-17(22-13)24-9-6-14(7-10-24)23-18-15-11-19-12-21-16(15)5-8-20-18/h2-5,8,11-12,14H,6-7,9-10H2,1H3,(H,20,23). The summed E-state index contributed by atoms with van der Waals surface area (Å²) in [6, 6.07) is 8.51. The van der Waals surface area contributed by atoms with Crippen molar-refractivity contribution in [3.8, 4) is 0 Å². The lowest BCUT2D eigenvalue weighted by Crippen LogP contribution is -2.39. The Morgan fingerprint density at radius 3 is 2.83 bits per heavy atom. The first-order valence-electron chi connectivity index (χ1n) is 8.29. The summed E-state index contributed by atoms with van der Waals surface area (Å²) in [6.07, 6.45) is 7.30. The molecule has 0 unspecified atom stereocenters. The molecule has 0 amide bonds. The van der Waals surface area contributed by atoms with E-state index in [1.54, 1.807) is 12.5 Å². The minimum Gasteiger partial charge on any atom is -0.367 e. The monoisotopic (exact) mass is 320 g/mol. The van der Waals surface area contributed by atoms with Crippen LogP contribution in [0.3, 0.4) is 0 Å². The first kappa shape index (κ1) is 14.8. The summed E-state index contributed by atoms with van der Waals surface area (Å²) >= 11 is 0. The van der Waals surface area contributed by atoms with Crippen molar-refractivity contribution in [3.05, 3.63) is 48.7 Å². The molecule has 4 heterocycles. The summed E-state index contributed by atoms with van der Waals surface area (Å²) in [5.74, 6) is 1.95. The lowest BCUT2D eigenvalue weighted by Gasteiger charge is -2.33. The van der Waals surface area contributed by atoms with Crippen molar-refractivity contribution in [1.82, 2.24) is 19.9 Å². The van der Waals surface area contributed by atoms with Gasteiger partial charge in [-0.3, -0.25) is 0 Å². The number of nitrogens with zero attached hydrogens (tertiary/aromatic N) is 5. The van der Waals surface area contributed by atoms with E-state index in [1.807, 2.05) is 25.3 Å². The van der Waals surface area contributed by atoms with Gasteiger partial charge < -0.3 is 10.2 Å². The van der Waals surface area contributed by atoms with Crippen LogP contribution in [0, 0.1) is 6.92 Å². The minimum atomic E-state index is 0.407. The van der Waals surface area contributed by atoms with Gasteiger partial charge in [0.1, 0.15) is 18.0 Å². The van der Waals surface area contributed by atoms with Gasteiger partial charge in [0.05, 0.1) is 10.9 Å². The second-order valence-corrected chi connectivity index (χ2v) is 6.16. The summed E-state index contributed by atoms with van der Waals surface area (Å²) in [6.45, 7) is 4.02. The molecule has 24 heavy (non-hydrogen) atoms. The highest BCUT2D eigenvalue weighted by atomic mass is 15.2. The molecular formula is C18H20N6. The molecule has 6 heteroatoms. The SMILES string of the molecule is Cc1cccc(N2CCC(Nc3nccc4ncncc34)CC2)n1. The lowest BCUT2D eigenvalue weighted by atomic mass is 10.0. The molecule has 1 aliphatic rings. The Labute approximate surface area is 141 Å². The molecule has 4 rings (SSSR count). The number of nitrogens with one attached hydrogen (secondary N) is 1. The van der Waals surface area contributed by atoms with Crippen molar-refractivity contribution in [2.75, 3.05) is 23.3 Å². The Hall–Kier alpha value is -2.76. The third-order valence-electron chi connectivity index (χ3n) is 4.47. The van der Waals surface area contributed by atoms with Crippen LogP contribution >= 0.6 is 0 Å². The summed E-state index contributed by atoms with van der Waals surface area (Å²) in [5, 5.41) is 4.54. The highest BCUT2D eigenvalue weighted by Gasteiger charge is 2.21. The number of piperidine rings is 1. The summed E-state index contributed by atoms with van der Waals surface area (Å²) in [4.78, 5) is 19.9. The predicted octanol–water partition coefficient (Wildman–Crippen LogP) is 2.81. The van der Waals surface area contributed by atoms with E-state index in [9.17, 15) is 0 Å². The van der Waals surface area contributed by atoms with Crippen LogP contribution in [0.4, 0.5) is 11.6 Å². The average molecular weight is 320 g/mol.